The van der Waals surface area contributed by atoms with Gasteiger partial charge in [0.25, 0.3) is 0 Å². The molecular formula is C12H12Br2N2O4. The number of hydrogen-bond donors (Lipinski definition) is 1. The summed E-state index contributed by atoms with van der Waals surface area (Å²) in [5.74, 6) is -1.36. The Labute approximate surface area is 132 Å². The number of rotatable bonds is 3. The molecule has 1 aromatic rings. The van der Waals surface area contributed by atoms with Gasteiger partial charge in [-0.05, 0) is 44.8 Å². The van der Waals surface area contributed by atoms with Crippen molar-refractivity contribution in [2.75, 3.05) is 13.2 Å². The van der Waals surface area contributed by atoms with E-state index in [0.29, 0.717) is 16.7 Å². The minimum atomic E-state index is -1.13. The minimum absolute atomic E-state index is 0.227. The zero-order valence-electron chi connectivity index (χ0n) is 10.5. The van der Waals surface area contributed by atoms with Crippen molar-refractivity contribution in [3.8, 4) is 0 Å². The first-order valence-electron chi connectivity index (χ1n) is 5.90. The molecule has 0 aromatic carbocycles. The van der Waals surface area contributed by atoms with Gasteiger partial charge in [0.2, 0.25) is 5.91 Å². The Kier molecular flexibility index (Phi) is 4.77. The number of carboxylic acid groups (broad SMARTS) is 1. The first-order chi connectivity index (χ1) is 9.45. The van der Waals surface area contributed by atoms with E-state index in [9.17, 15) is 14.7 Å². The number of nitrogens with zero attached hydrogens (tertiary/aromatic N) is 2. The molecule has 2 unspecified atom stereocenters. The van der Waals surface area contributed by atoms with Crippen molar-refractivity contribution in [2.24, 2.45) is 0 Å². The maximum atomic E-state index is 11.9. The lowest BCUT2D eigenvalue weighted by atomic mass is 10.0. The number of aliphatic carboxylic acids is 1. The number of likely N-dealkylation sites (N-methyl/N-ethyl adjacent to an activating group) is 1. The van der Waals surface area contributed by atoms with Crippen molar-refractivity contribution in [3.05, 3.63) is 26.9 Å². The molecule has 8 heteroatoms. The molecule has 0 radical (unpaired) electrons. The number of pyridine rings is 1. The monoisotopic (exact) mass is 406 g/mol. The normalized spacial score (nSPS) is 22.9. The molecule has 2 heterocycles. The maximum Gasteiger partial charge on any atom is 0.335 e. The van der Waals surface area contributed by atoms with Gasteiger partial charge in [-0.1, -0.05) is 0 Å². The number of aromatic nitrogens is 1. The number of carboxylic acids is 1. The molecule has 1 fully saturated rings. The molecular weight excluding hydrogens is 396 g/mol. The van der Waals surface area contributed by atoms with Gasteiger partial charge in [-0.2, -0.15) is 0 Å². The highest BCUT2D eigenvalue weighted by Crippen LogP contribution is 2.34. The second kappa shape index (κ2) is 6.19. The van der Waals surface area contributed by atoms with Gasteiger partial charge in [-0.3, -0.25) is 9.78 Å². The molecule has 0 aliphatic carbocycles. The summed E-state index contributed by atoms with van der Waals surface area (Å²) in [5, 5.41) is 9.30. The molecule has 6 nitrogen and oxygen atoms in total. The number of amides is 1. The molecule has 1 aromatic heterocycles. The van der Waals surface area contributed by atoms with Gasteiger partial charge in [-0.25, -0.2) is 4.79 Å². The molecule has 1 aliphatic heterocycles. The third-order valence-corrected chi connectivity index (χ3v) is 4.10. The van der Waals surface area contributed by atoms with E-state index in [2.05, 4.69) is 36.8 Å². The summed E-state index contributed by atoms with van der Waals surface area (Å²) in [5.41, 5.74) is 0.468. The zero-order valence-corrected chi connectivity index (χ0v) is 13.7. The molecule has 2 atom stereocenters. The molecule has 0 saturated carbocycles. The van der Waals surface area contributed by atoms with Crippen LogP contribution < -0.4 is 0 Å². The van der Waals surface area contributed by atoms with Gasteiger partial charge in [0.1, 0.15) is 12.6 Å². The van der Waals surface area contributed by atoms with E-state index >= 15 is 0 Å². The number of ether oxygens (including phenoxy) is 1. The Balaban J connectivity index is 2.49. The molecule has 2 rings (SSSR count). The topological polar surface area (TPSA) is 79.7 Å². The summed E-state index contributed by atoms with van der Waals surface area (Å²) in [6.07, 6.45) is 0.434. The summed E-state index contributed by atoms with van der Waals surface area (Å²) in [6, 6.07) is 1.01. The molecule has 1 amide bonds. The average molecular weight is 408 g/mol. The fraction of sp³-hybridized carbons (Fsp3) is 0.417. The van der Waals surface area contributed by atoms with Gasteiger partial charge in [-0.15, -0.1) is 0 Å². The van der Waals surface area contributed by atoms with E-state index in [1.807, 2.05) is 0 Å². The van der Waals surface area contributed by atoms with Crippen molar-refractivity contribution in [1.82, 2.24) is 9.88 Å². The van der Waals surface area contributed by atoms with E-state index in [1.165, 1.54) is 4.90 Å². The third kappa shape index (κ3) is 2.87. The lowest BCUT2D eigenvalue weighted by molar-refractivity contribution is -0.173. The van der Waals surface area contributed by atoms with E-state index in [4.69, 9.17) is 4.74 Å². The first-order valence-corrected chi connectivity index (χ1v) is 7.49. The van der Waals surface area contributed by atoms with Crippen LogP contribution in [0.4, 0.5) is 0 Å². The molecule has 0 bridgehead atoms. The van der Waals surface area contributed by atoms with Crippen molar-refractivity contribution >= 4 is 43.7 Å². The average Bonchev–Trinajstić information content (AvgIpc) is 2.38. The van der Waals surface area contributed by atoms with Gasteiger partial charge in [0.05, 0.1) is 5.69 Å². The molecule has 0 spiro atoms. The van der Waals surface area contributed by atoms with Crippen molar-refractivity contribution in [1.29, 1.82) is 0 Å². The van der Waals surface area contributed by atoms with Crippen LogP contribution in [0.5, 0.6) is 0 Å². The SMILES string of the molecule is CCN1C(=O)COC(C(=O)O)C1c1ncc(Br)cc1Br. The van der Waals surface area contributed by atoms with Crippen molar-refractivity contribution < 1.29 is 19.4 Å². The molecule has 1 saturated heterocycles. The predicted molar refractivity (Wildman–Crippen MR) is 77.1 cm³/mol. The van der Waals surface area contributed by atoms with E-state index in [1.54, 1.807) is 19.2 Å². The van der Waals surface area contributed by atoms with Gasteiger partial charge in [0.15, 0.2) is 6.10 Å². The molecule has 1 N–H and O–H groups in total. The number of halogens is 2. The molecule has 108 valence electrons. The largest absolute Gasteiger partial charge is 0.479 e. The van der Waals surface area contributed by atoms with Gasteiger partial charge >= 0.3 is 5.97 Å². The Morgan fingerprint density at radius 3 is 2.85 bits per heavy atom. The Hall–Kier alpha value is -0.990. The molecule has 20 heavy (non-hydrogen) atoms. The Bertz CT molecular complexity index is 550. The highest BCUT2D eigenvalue weighted by molar-refractivity contribution is 9.11. The first kappa shape index (κ1) is 15.4. The fourth-order valence-corrected chi connectivity index (χ4v) is 3.39. The number of morpholine rings is 1. The van der Waals surface area contributed by atoms with Crippen LogP contribution in [-0.4, -0.2) is 46.1 Å². The number of hydrogen-bond acceptors (Lipinski definition) is 4. The fourth-order valence-electron chi connectivity index (χ4n) is 2.17. The van der Waals surface area contributed by atoms with Crippen molar-refractivity contribution in [3.63, 3.8) is 0 Å². The summed E-state index contributed by atoms with van der Waals surface area (Å²) in [7, 11) is 0. The second-order valence-corrected chi connectivity index (χ2v) is 5.99. The summed E-state index contributed by atoms with van der Waals surface area (Å²) in [4.78, 5) is 29.0. The Morgan fingerprint density at radius 1 is 1.60 bits per heavy atom. The van der Waals surface area contributed by atoms with Crippen LogP contribution in [0, 0.1) is 0 Å². The standard InChI is InChI=1S/C12H12Br2N2O4/c1-2-16-8(17)5-20-11(12(18)19)10(16)9-7(14)3-6(13)4-15-9/h3-4,10-11H,2,5H2,1H3,(H,18,19). The van der Waals surface area contributed by atoms with Crippen molar-refractivity contribution in [2.45, 2.75) is 19.1 Å². The summed E-state index contributed by atoms with van der Waals surface area (Å²) < 4.78 is 6.55. The summed E-state index contributed by atoms with van der Waals surface area (Å²) >= 11 is 6.64. The van der Waals surface area contributed by atoms with Crippen LogP contribution in [-0.2, 0) is 14.3 Å². The lowest BCUT2D eigenvalue weighted by Gasteiger charge is -2.38. The van der Waals surface area contributed by atoms with E-state index in [-0.39, 0.29) is 12.5 Å². The number of carbonyl (C=O) groups is 2. The minimum Gasteiger partial charge on any atom is -0.479 e. The van der Waals surface area contributed by atoms with Crippen LogP contribution in [0.25, 0.3) is 0 Å². The summed E-state index contributed by atoms with van der Waals surface area (Å²) in [6.45, 7) is 1.96. The maximum absolute atomic E-state index is 11.9. The second-order valence-electron chi connectivity index (χ2n) is 4.22. The van der Waals surface area contributed by atoms with Crippen LogP contribution in [0.3, 0.4) is 0 Å². The quantitative estimate of drug-likeness (QED) is 0.828. The lowest BCUT2D eigenvalue weighted by Crippen LogP contribution is -2.52. The number of carbonyl (C=O) groups excluding carboxylic acids is 1. The van der Waals surface area contributed by atoms with Crippen LogP contribution in [0.15, 0.2) is 21.2 Å². The predicted octanol–water partition coefficient (Wildman–Crippen LogP) is 1.98. The van der Waals surface area contributed by atoms with Crippen LogP contribution >= 0.6 is 31.9 Å². The Morgan fingerprint density at radius 2 is 2.30 bits per heavy atom. The van der Waals surface area contributed by atoms with Crippen LogP contribution in [0.1, 0.15) is 18.7 Å². The smallest absolute Gasteiger partial charge is 0.335 e. The zero-order chi connectivity index (χ0) is 14.9. The highest BCUT2D eigenvalue weighted by Gasteiger charge is 2.42. The van der Waals surface area contributed by atoms with Gasteiger partial charge in [0, 0.05) is 21.7 Å². The van der Waals surface area contributed by atoms with Gasteiger partial charge < -0.3 is 14.7 Å². The third-order valence-electron chi connectivity index (χ3n) is 3.03. The van der Waals surface area contributed by atoms with E-state index in [0.717, 1.165) is 4.47 Å². The van der Waals surface area contributed by atoms with E-state index < -0.39 is 18.1 Å². The van der Waals surface area contributed by atoms with Crippen LogP contribution in [0.2, 0.25) is 0 Å². The highest BCUT2D eigenvalue weighted by atomic mass is 79.9. The molecule has 1 aliphatic rings.